The van der Waals surface area contributed by atoms with Crippen LogP contribution in [0.2, 0.25) is 0 Å². The number of carbonyl (C=O) groups excluding carboxylic acids is 1. The monoisotopic (exact) mass is 367 g/mol. The molecule has 0 bridgehead atoms. The topological polar surface area (TPSA) is 88.2 Å². The summed E-state index contributed by atoms with van der Waals surface area (Å²) >= 11 is 1.32. The minimum Gasteiger partial charge on any atom is -0.513 e. The lowest BCUT2D eigenvalue weighted by Gasteiger charge is -2.06. The Kier molecular flexibility index (Phi) is 5.23. The molecule has 0 aliphatic heterocycles. The van der Waals surface area contributed by atoms with E-state index < -0.39 is 0 Å². The molecule has 5 nitrogen and oxygen atoms in total. The molecular weight excluding hydrogens is 346 g/mol. The molecule has 0 radical (unpaired) electrons. The van der Waals surface area contributed by atoms with E-state index in [1.54, 1.807) is 0 Å². The standard InChI is InChI=1S/C20H21N3O2S/c1-12-3-8-16-17(21)18(26-20(16)23-12)19(25)22-10-9-14-4-6-15(7-5-14)11-13(2)24/h3-8,24H,2,9-11,21H2,1H3,(H,22,25). The summed E-state index contributed by atoms with van der Waals surface area (Å²) in [5.41, 5.74) is 9.62. The smallest absolute Gasteiger partial charge is 0.263 e. The van der Waals surface area contributed by atoms with E-state index in [0.29, 0.717) is 30.0 Å². The number of aromatic nitrogens is 1. The number of aliphatic hydroxyl groups is 1. The first-order valence-electron chi connectivity index (χ1n) is 8.32. The van der Waals surface area contributed by atoms with E-state index in [4.69, 9.17) is 5.73 Å². The third kappa shape index (κ3) is 4.03. The molecule has 26 heavy (non-hydrogen) atoms. The minimum atomic E-state index is -0.170. The Bertz CT molecular complexity index is 961. The second kappa shape index (κ2) is 7.58. The minimum absolute atomic E-state index is 0.149. The van der Waals surface area contributed by atoms with Crippen LogP contribution >= 0.6 is 11.3 Å². The van der Waals surface area contributed by atoms with Crippen LogP contribution in [0.15, 0.2) is 48.7 Å². The number of pyridine rings is 1. The first-order chi connectivity index (χ1) is 12.4. The lowest BCUT2D eigenvalue weighted by atomic mass is 10.1. The van der Waals surface area contributed by atoms with E-state index in [2.05, 4.69) is 16.9 Å². The summed E-state index contributed by atoms with van der Waals surface area (Å²) in [6.45, 7) is 5.92. The van der Waals surface area contributed by atoms with E-state index in [1.165, 1.54) is 11.3 Å². The second-order valence-electron chi connectivity index (χ2n) is 6.22. The quantitative estimate of drug-likeness (QED) is 0.579. The average molecular weight is 367 g/mol. The fraction of sp³-hybridized carbons (Fsp3) is 0.200. The lowest BCUT2D eigenvalue weighted by molar-refractivity contribution is 0.0959. The molecule has 0 aliphatic rings. The van der Waals surface area contributed by atoms with Crippen LogP contribution in [0.25, 0.3) is 10.2 Å². The maximum atomic E-state index is 12.4. The molecule has 2 heterocycles. The molecular formula is C20H21N3O2S. The predicted molar refractivity (Wildman–Crippen MR) is 107 cm³/mol. The van der Waals surface area contributed by atoms with Crippen molar-refractivity contribution in [3.05, 3.63) is 70.4 Å². The van der Waals surface area contributed by atoms with Gasteiger partial charge in [-0.25, -0.2) is 4.98 Å². The molecule has 2 aromatic heterocycles. The van der Waals surface area contributed by atoms with Gasteiger partial charge in [0.05, 0.1) is 11.4 Å². The largest absolute Gasteiger partial charge is 0.513 e. The summed E-state index contributed by atoms with van der Waals surface area (Å²) in [7, 11) is 0. The maximum absolute atomic E-state index is 12.4. The van der Waals surface area contributed by atoms with Crippen LogP contribution < -0.4 is 11.1 Å². The first-order valence-corrected chi connectivity index (χ1v) is 9.14. The molecule has 0 atom stereocenters. The van der Waals surface area contributed by atoms with Crippen molar-refractivity contribution in [2.24, 2.45) is 0 Å². The van der Waals surface area contributed by atoms with Crippen molar-refractivity contribution >= 4 is 33.1 Å². The second-order valence-corrected chi connectivity index (χ2v) is 7.21. The Labute approximate surface area is 156 Å². The molecule has 1 aromatic carbocycles. The van der Waals surface area contributed by atoms with Gasteiger partial charge < -0.3 is 16.2 Å². The fourth-order valence-corrected chi connectivity index (χ4v) is 3.77. The Hall–Kier alpha value is -2.86. The summed E-state index contributed by atoms with van der Waals surface area (Å²) in [5, 5.41) is 13.0. The number of nitrogen functional groups attached to an aromatic ring is 1. The Morgan fingerprint density at radius 3 is 2.62 bits per heavy atom. The number of nitrogens with two attached hydrogens (primary N) is 1. The molecule has 0 fully saturated rings. The van der Waals surface area contributed by atoms with Gasteiger partial charge in [-0.1, -0.05) is 30.8 Å². The number of aryl methyl sites for hydroxylation is 1. The van der Waals surface area contributed by atoms with E-state index >= 15 is 0 Å². The van der Waals surface area contributed by atoms with Crippen molar-refractivity contribution in [2.45, 2.75) is 19.8 Å². The zero-order valence-corrected chi connectivity index (χ0v) is 15.4. The van der Waals surface area contributed by atoms with Gasteiger partial charge in [0.25, 0.3) is 5.91 Å². The fourth-order valence-electron chi connectivity index (χ4n) is 2.72. The Morgan fingerprint density at radius 1 is 1.23 bits per heavy atom. The molecule has 0 saturated heterocycles. The number of nitrogens with zero attached hydrogens (tertiary/aromatic N) is 1. The van der Waals surface area contributed by atoms with Crippen LogP contribution in [0.5, 0.6) is 0 Å². The summed E-state index contributed by atoms with van der Waals surface area (Å²) < 4.78 is 0. The van der Waals surface area contributed by atoms with E-state index in [-0.39, 0.29) is 11.7 Å². The summed E-state index contributed by atoms with van der Waals surface area (Å²) in [5.74, 6) is -0.0213. The number of thiophene rings is 1. The highest BCUT2D eigenvalue weighted by atomic mass is 32.1. The molecule has 1 amide bonds. The number of amides is 1. The zero-order chi connectivity index (χ0) is 18.7. The van der Waals surface area contributed by atoms with Crippen LogP contribution in [-0.2, 0) is 12.8 Å². The number of aliphatic hydroxyl groups excluding tert-OH is 1. The molecule has 0 aliphatic carbocycles. The highest BCUT2D eigenvalue weighted by molar-refractivity contribution is 7.21. The van der Waals surface area contributed by atoms with Crippen molar-refractivity contribution in [1.29, 1.82) is 0 Å². The van der Waals surface area contributed by atoms with Crippen LogP contribution in [0, 0.1) is 6.92 Å². The van der Waals surface area contributed by atoms with Crippen molar-refractivity contribution in [3.8, 4) is 0 Å². The molecule has 4 N–H and O–H groups in total. The van der Waals surface area contributed by atoms with Gasteiger partial charge in [0.2, 0.25) is 0 Å². The van der Waals surface area contributed by atoms with E-state index in [9.17, 15) is 9.90 Å². The van der Waals surface area contributed by atoms with Crippen LogP contribution in [0.1, 0.15) is 26.5 Å². The molecule has 0 saturated carbocycles. The zero-order valence-electron chi connectivity index (χ0n) is 14.6. The maximum Gasteiger partial charge on any atom is 0.263 e. The molecule has 134 valence electrons. The number of hydrogen-bond acceptors (Lipinski definition) is 5. The average Bonchev–Trinajstić information content (AvgIpc) is 2.92. The van der Waals surface area contributed by atoms with Gasteiger partial charge in [0, 0.05) is 24.0 Å². The van der Waals surface area contributed by atoms with Gasteiger partial charge in [-0.2, -0.15) is 0 Å². The summed E-state index contributed by atoms with van der Waals surface area (Å²) in [6, 6.07) is 11.7. The molecule has 3 aromatic rings. The SMILES string of the molecule is C=C(O)Cc1ccc(CCNC(=O)c2sc3nc(C)ccc3c2N)cc1. The Balaban J connectivity index is 1.60. The van der Waals surface area contributed by atoms with Crippen LogP contribution in [0.3, 0.4) is 0 Å². The van der Waals surface area contributed by atoms with Crippen LogP contribution in [0.4, 0.5) is 5.69 Å². The highest BCUT2D eigenvalue weighted by Gasteiger charge is 2.16. The van der Waals surface area contributed by atoms with Crippen molar-refractivity contribution in [1.82, 2.24) is 10.3 Å². The van der Waals surface area contributed by atoms with Crippen molar-refractivity contribution < 1.29 is 9.90 Å². The first kappa shape index (κ1) is 17.9. The van der Waals surface area contributed by atoms with Gasteiger partial charge in [0.15, 0.2) is 0 Å². The molecule has 6 heteroatoms. The highest BCUT2D eigenvalue weighted by Crippen LogP contribution is 2.32. The van der Waals surface area contributed by atoms with Crippen molar-refractivity contribution in [3.63, 3.8) is 0 Å². The summed E-state index contributed by atoms with van der Waals surface area (Å²) in [6.07, 6.45) is 1.17. The number of nitrogens with one attached hydrogen (secondary N) is 1. The number of carbonyl (C=O) groups is 1. The number of rotatable bonds is 6. The molecule has 3 rings (SSSR count). The number of benzene rings is 1. The number of hydrogen-bond donors (Lipinski definition) is 3. The molecule has 0 unspecified atom stereocenters. The predicted octanol–water partition coefficient (Wildman–Crippen LogP) is 3.77. The van der Waals surface area contributed by atoms with Gasteiger partial charge in [-0.15, -0.1) is 11.3 Å². The Morgan fingerprint density at radius 2 is 1.92 bits per heavy atom. The van der Waals surface area contributed by atoms with Gasteiger partial charge >= 0.3 is 0 Å². The number of allylic oxidation sites excluding steroid dienone is 1. The summed E-state index contributed by atoms with van der Waals surface area (Å²) in [4.78, 5) is 18.2. The van der Waals surface area contributed by atoms with Crippen molar-refractivity contribution in [2.75, 3.05) is 12.3 Å². The third-order valence-electron chi connectivity index (χ3n) is 4.07. The van der Waals surface area contributed by atoms with Gasteiger partial charge in [0.1, 0.15) is 9.71 Å². The molecule has 0 spiro atoms. The number of anilines is 1. The van der Waals surface area contributed by atoms with Crippen LogP contribution in [-0.4, -0.2) is 22.5 Å². The normalized spacial score (nSPS) is 10.8. The van der Waals surface area contributed by atoms with Gasteiger partial charge in [-0.3, -0.25) is 4.79 Å². The van der Waals surface area contributed by atoms with Gasteiger partial charge in [-0.05, 0) is 36.6 Å². The van der Waals surface area contributed by atoms with E-state index in [0.717, 1.165) is 27.0 Å². The number of fused-ring (bicyclic) bond motifs is 1. The lowest BCUT2D eigenvalue weighted by Crippen LogP contribution is -2.25. The van der Waals surface area contributed by atoms with E-state index in [1.807, 2.05) is 43.3 Å². The third-order valence-corrected chi connectivity index (χ3v) is 5.18.